The van der Waals surface area contributed by atoms with Gasteiger partial charge in [-0.3, -0.25) is 0 Å². The average molecular weight is 132 g/mol. The Hall–Kier alpha value is -0.160. The Labute approximate surface area is 54.1 Å². The van der Waals surface area contributed by atoms with Gasteiger partial charge in [0.2, 0.25) is 0 Å². The van der Waals surface area contributed by atoms with E-state index in [-0.39, 0.29) is 12.2 Å². The van der Waals surface area contributed by atoms with Crippen LogP contribution in [0.4, 0.5) is 0 Å². The van der Waals surface area contributed by atoms with Crippen LogP contribution in [0.3, 0.4) is 0 Å². The van der Waals surface area contributed by atoms with Crippen LogP contribution in [0.2, 0.25) is 0 Å². The first-order valence-corrected chi connectivity index (χ1v) is 3.02. The molecule has 0 amide bonds. The molecule has 0 saturated carbocycles. The van der Waals surface area contributed by atoms with Gasteiger partial charge < -0.3 is 20.9 Å². The van der Waals surface area contributed by atoms with Crippen LogP contribution in [0.25, 0.3) is 0 Å². The Bertz CT molecular complexity index is 79.0. The first-order valence-electron chi connectivity index (χ1n) is 3.02. The summed E-state index contributed by atoms with van der Waals surface area (Å²) in [6.45, 7) is 1.31. The van der Waals surface area contributed by atoms with Crippen LogP contribution in [0.15, 0.2) is 0 Å². The van der Waals surface area contributed by atoms with Crippen molar-refractivity contribution in [3.05, 3.63) is 0 Å². The van der Waals surface area contributed by atoms with Gasteiger partial charge in [-0.15, -0.1) is 0 Å². The van der Waals surface area contributed by atoms with Gasteiger partial charge in [-0.2, -0.15) is 0 Å². The zero-order valence-electron chi connectivity index (χ0n) is 5.25. The Morgan fingerprint density at radius 2 is 1.56 bits per heavy atom. The molecule has 0 aromatic rings. The smallest absolute Gasteiger partial charge is 0.147 e. The molecule has 2 atom stereocenters. The Morgan fingerprint density at radius 1 is 1.11 bits per heavy atom. The maximum Gasteiger partial charge on any atom is 0.147 e. The molecule has 1 fully saturated rings. The predicted octanol–water partition coefficient (Wildman–Crippen LogP) is -1.35. The third-order valence-corrected chi connectivity index (χ3v) is 1.44. The largest absolute Gasteiger partial charge is 0.348 e. The number of nitrogens with two attached hydrogens (primary N) is 2. The number of rotatable bonds is 2. The molecule has 4 heteroatoms. The van der Waals surface area contributed by atoms with Crippen LogP contribution >= 0.6 is 0 Å². The molecule has 1 aliphatic rings. The van der Waals surface area contributed by atoms with Crippen molar-refractivity contribution in [2.45, 2.75) is 12.2 Å². The predicted molar refractivity (Wildman–Crippen MR) is 32.7 cm³/mol. The molecular weight excluding hydrogens is 120 g/mol. The second kappa shape index (κ2) is 3.12. The summed E-state index contributed by atoms with van der Waals surface area (Å²) in [6.07, 6.45) is 0.0185. The minimum absolute atomic E-state index is 0.00926. The van der Waals surface area contributed by atoms with Gasteiger partial charge in [0.15, 0.2) is 0 Å². The molecule has 0 aromatic carbocycles. The van der Waals surface area contributed by atoms with Gasteiger partial charge in [0.05, 0.1) is 0 Å². The SMILES string of the molecule is NC[C@@H]1OCO[C@H]1CN. The van der Waals surface area contributed by atoms with E-state index in [9.17, 15) is 0 Å². The van der Waals surface area contributed by atoms with E-state index in [1.165, 1.54) is 0 Å². The van der Waals surface area contributed by atoms with Gasteiger partial charge >= 0.3 is 0 Å². The highest BCUT2D eigenvalue weighted by molar-refractivity contribution is 4.74. The normalized spacial score (nSPS) is 35.3. The van der Waals surface area contributed by atoms with Crippen LogP contribution in [0.1, 0.15) is 0 Å². The van der Waals surface area contributed by atoms with E-state index in [1.54, 1.807) is 0 Å². The first kappa shape index (κ1) is 6.95. The van der Waals surface area contributed by atoms with E-state index in [0.29, 0.717) is 19.9 Å². The van der Waals surface area contributed by atoms with Gasteiger partial charge in [-0.1, -0.05) is 0 Å². The first-order chi connectivity index (χ1) is 4.38. The van der Waals surface area contributed by atoms with E-state index in [1.807, 2.05) is 0 Å². The van der Waals surface area contributed by atoms with Crippen molar-refractivity contribution in [3.8, 4) is 0 Å². The minimum atomic E-state index is 0.00926. The van der Waals surface area contributed by atoms with E-state index in [4.69, 9.17) is 20.9 Å². The van der Waals surface area contributed by atoms with Crippen molar-refractivity contribution in [2.75, 3.05) is 19.9 Å². The van der Waals surface area contributed by atoms with E-state index >= 15 is 0 Å². The molecule has 0 spiro atoms. The van der Waals surface area contributed by atoms with E-state index in [2.05, 4.69) is 0 Å². The molecule has 4 N–H and O–H groups in total. The van der Waals surface area contributed by atoms with Crippen molar-refractivity contribution in [3.63, 3.8) is 0 Å². The second-order valence-corrected chi connectivity index (χ2v) is 2.00. The summed E-state index contributed by atoms with van der Waals surface area (Å²) in [6, 6.07) is 0. The highest BCUT2D eigenvalue weighted by Crippen LogP contribution is 2.09. The lowest BCUT2D eigenvalue weighted by Crippen LogP contribution is -2.35. The highest BCUT2D eigenvalue weighted by Gasteiger charge is 2.25. The molecule has 4 nitrogen and oxygen atoms in total. The summed E-state index contributed by atoms with van der Waals surface area (Å²) in [4.78, 5) is 0. The van der Waals surface area contributed by atoms with Crippen LogP contribution in [-0.4, -0.2) is 32.1 Å². The van der Waals surface area contributed by atoms with Gasteiger partial charge in [-0.05, 0) is 0 Å². The molecular formula is C5H12N2O2. The molecule has 1 saturated heterocycles. The summed E-state index contributed by atoms with van der Waals surface area (Å²) in [7, 11) is 0. The molecule has 0 unspecified atom stereocenters. The average Bonchev–Trinajstić information content (AvgIpc) is 2.33. The lowest BCUT2D eigenvalue weighted by atomic mass is 10.2. The Morgan fingerprint density at radius 3 is 1.89 bits per heavy atom. The molecule has 0 bridgehead atoms. The molecule has 0 aliphatic carbocycles. The summed E-state index contributed by atoms with van der Waals surface area (Å²) in [5.74, 6) is 0. The third kappa shape index (κ3) is 1.40. The molecule has 0 radical (unpaired) electrons. The zero-order chi connectivity index (χ0) is 6.69. The fraction of sp³-hybridized carbons (Fsp3) is 1.00. The van der Waals surface area contributed by atoms with Gasteiger partial charge in [-0.25, -0.2) is 0 Å². The summed E-state index contributed by atoms with van der Waals surface area (Å²) in [5, 5.41) is 0. The summed E-state index contributed by atoms with van der Waals surface area (Å²) < 4.78 is 10.2. The lowest BCUT2D eigenvalue weighted by Gasteiger charge is -2.11. The molecule has 1 aliphatic heterocycles. The van der Waals surface area contributed by atoms with Gasteiger partial charge in [0.25, 0.3) is 0 Å². The van der Waals surface area contributed by atoms with E-state index < -0.39 is 0 Å². The standard InChI is InChI=1S/C5H12N2O2/c6-1-4-5(2-7)9-3-8-4/h4-5H,1-3,6-7H2/t4-,5-/m0/s1. The van der Waals surface area contributed by atoms with Gasteiger partial charge in [0, 0.05) is 13.1 Å². The topological polar surface area (TPSA) is 70.5 Å². The fourth-order valence-electron chi connectivity index (χ4n) is 0.868. The minimum Gasteiger partial charge on any atom is -0.348 e. The quantitative estimate of drug-likeness (QED) is 0.487. The Kier molecular flexibility index (Phi) is 2.41. The maximum atomic E-state index is 5.34. The van der Waals surface area contributed by atoms with Crippen LogP contribution < -0.4 is 11.5 Å². The van der Waals surface area contributed by atoms with Crippen molar-refractivity contribution in [1.29, 1.82) is 0 Å². The van der Waals surface area contributed by atoms with Crippen LogP contribution in [0.5, 0.6) is 0 Å². The maximum absolute atomic E-state index is 5.34. The van der Waals surface area contributed by atoms with Gasteiger partial charge in [0.1, 0.15) is 19.0 Å². The second-order valence-electron chi connectivity index (χ2n) is 2.00. The van der Waals surface area contributed by atoms with Crippen molar-refractivity contribution in [1.82, 2.24) is 0 Å². The van der Waals surface area contributed by atoms with Crippen LogP contribution in [0, 0.1) is 0 Å². The zero-order valence-corrected chi connectivity index (χ0v) is 5.25. The van der Waals surface area contributed by atoms with Crippen molar-refractivity contribution < 1.29 is 9.47 Å². The fourth-order valence-corrected chi connectivity index (χ4v) is 0.868. The number of hydrogen-bond acceptors (Lipinski definition) is 4. The molecule has 9 heavy (non-hydrogen) atoms. The molecule has 54 valence electrons. The van der Waals surface area contributed by atoms with Crippen LogP contribution in [-0.2, 0) is 9.47 Å². The monoisotopic (exact) mass is 132 g/mol. The van der Waals surface area contributed by atoms with Crippen molar-refractivity contribution >= 4 is 0 Å². The van der Waals surface area contributed by atoms with E-state index in [0.717, 1.165) is 0 Å². The molecule has 1 rings (SSSR count). The Balaban J connectivity index is 2.32. The lowest BCUT2D eigenvalue weighted by molar-refractivity contribution is 0.0408. The molecule has 0 aromatic heterocycles. The third-order valence-electron chi connectivity index (χ3n) is 1.44. The van der Waals surface area contributed by atoms with Crippen molar-refractivity contribution in [2.24, 2.45) is 11.5 Å². The number of ether oxygens (including phenoxy) is 2. The summed E-state index contributed by atoms with van der Waals surface area (Å²) in [5.41, 5.74) is 10.7. The summed E-state index contributed by atoms with van der Waals surface area (Å²) >= 11 is 0. The highest BCUT2D eigenvalue weighted by atomic mass is 16.7. The molecule has 1 heterocycles. The number of hydrogen-bond donors (Lipinski definition) is 2.